The van der Waals surface area contributed by atoms with E-state index in [9.17, 15) is 37.9 Å². The Kier molecular flexibility index (Phi) is 20.9. The quantitative estimate of drug-likeness (QED) is 0.0177. The number of ether oxygens (including phenoxy) is 5. The van der Waals surface area contributed by atoms with Crippen LogP contribution in [0.4, 0.5) is 5.82 Å². The van der Waals surface area contributed by atoms with E-state index in [1.165, 1.54) is 6.07 Å². The predicted molar refractivity (Wildman–Crippen MR) is 209 cm³/mol. The van der Waals surface area contributed by atoms with Crippen LogP contribution in [-0.4, -0.2) is 112 Å². The molecule has 2 amide bonds. The molecule has 32 heteroatoms. The van der Waals surface area contributed by atoms with Gasteiger partial charge in [0, 0.05) is 34.5 Å². The Bertz CT molecular complexity index is 2220. The molecule has 340 valence electrons. The summed E-state index contributed by atoms with van der Waals surface area (Å²) in [5.74, 6) is 4.49. The van der Waals surface area contributed by atoms with Gasteiger partial charge in [-0.25, -0.2) is 18.5 Å². The predicted octanol–water partition coefficient (Wildman–Crippen LogP) is 1.86. The molecule has 3 rings (SSSR count). The molecule has 1 saturated heterocycles. The summed E-state index contributed by atoms with van der Waals surface area (Å²) in [5.41, 5.74) is 22.8. The molecule has 0 spiro atoms. The summed E-state index contributed by atoms with van der Waals surface area (Å²) in [7, 11) is -17.0. The number of hydrogen-bond donors (Lipinski definition) is 7. The number of nitrogens with one attached hydrogen (secondary N) is 2. The zero-order valence-corrected chi connectivity index (χ0v) is 35.2. The number of benzene rings is 1. The molecule has 29 nitrogen and oxygen atoms in total. The highest BCUT2D eigenvalue weighted by Crippen LogP contribution is 2.66. The van der Waals surface area contributed by atoms with Gasteiger partial charge in [-0.15, -0.1) is 0 Å². The van der Waals surface area contributed by atoms with E-state index in [4.69, 9.17) is 50.3 Å². The van der Waals surface area contributed by atoms with Gasteiger partial charge in [-0.1, -0.05) is 41.5 Å². The van der Waals surface area contributed by atoms with E-state index in [-0.39, 0.29) is 50.1 Å². The summed E-state index contributed by atoms with van der Waals surface area (Å²) >= 11 is 0. The fourth-order valence-corrected chi connectivity index (χ4v) is 7.93. The average molecular weight is 938 g/mol. The van der Waals surface area contributed by atoms with Crippen LogP contribution in [-0.2, 0) is 50.6 Å². The second-order valence-corrected chi connectivity index (χ2v) is 16.6. The van der Waals surface area contributed by atoms with Gasteiger partial charge in [0.25, 0.3) is 5.91 Å². The number of anilines is 1. The third kappa shape index (κ3) is 19.0. The average Bonchev–Trinajstić information content (AvgIpc) is 3.59. The molecule has 6 atom stereocenters. The van der Waals surface area contributed by atoms with Crippen molar-refractivity contribution in [2.24, 2.45) is 10.2 Å². The number of carbonyl (C=O) groups is 2. The fourth-order valence-electron chi connectivity index (χ4n) is 4.90. The van der Waals surface area contributed by atoms with Crippen LogP contribution in [0, 0.1) is 11.8 Å². The van der Waals surface area contributed by atoms with Crippen LogP contribution >= 0.6 is 23.5 Å². The van der Waals surface area contributed by atoms with E-state index in [1.54, 1.807) is 18.2 Å². The third-order valence-corrected chi connectivity index (χ3v) is 11.4. The van der Waals surface area contributed by atoms with Crippen molar-refractivity contribution in [3.05, 3.63) is 73.0 Å². The van der Waals surface area contributed by atoms with Gasteiger partial charge in [-0.05, 0) is 35.7 Å². The second kappa shape index (κ2) is 25.2. The first kappa shape index (κ1) is 51.4. The number of phosphoric acid groups is 3. The highest BCUT2D eigenvalue weighted by atomic mass is 31.3. The molecule has 1 aliphatic heterocycles. The largest absolute Gasteiger partial charge is 0.491 e. The third-order valence-electron chi connectivity index (χ3n) is 7.55. The first-order chi connectivity index (χ1) is 29.3. The number of nitrogens with two attached hydrogens (primary N) is 1. The highest BCUT2D eigenvalue weighted by molar-refractivity contribution is 7.66. The van der Waals surface area contributed by atoms with Gasteiger partial charge in [0.2, 0.25) is 5.91 Å². The molecule has 4 unspecified atom stereocenters. The summed E-state index contributed by atoms with van der Waals surface area (Å²) in [4.78, 5) is 83.0. The Morgan fingerprint density at radius 1 is 1.13 bits per heavy atom. The number of hydrogen-bond acceptors (Lipinski definition) is 18. The minimum Gasteiger partial charge on any atom is -0.491 e. The van der Waals surface area contributed by atoms with E-state index < -0.39 is 79.7 Å². The van der Waals surface area contributed by atoms with E-state index in [1.807, 2.05) is 6.92 Å². The standard InChI is InChI=1S/C30H42N11O18P3/c1-2-3-9-35-29(43)20-6-4-8-22(13-20)54-18-26(38-40-33)53-12-11-52-17-25(42)34-10-5-7-21-15-41(30(44)37-28(21)31)27-14-23(55-19-36-39-32)24(57-27)16-56-61(48,49)59-62(50,51)58-60(45,46)47/h4,6,8,13,15,23-24,26-27H,2-3,9-12,14,16-19H2,1H3,(H,34,42)(H,35,43)(H,48,49)(H,50,51)(H2,31,37,44)(H2,45,46,47)/t23?,24-,26?,27-/m1/s1. The molecule has 8 N–H and O–H groups in total. The van der Waals surface area contributed by atoms with Crippen LogP contribution in [0.15, 0.2) is 45.5 Å². The minimum absolute atomic E-state index is 0.00159. The van der Waals surface area contributed by atoms with E-state index in [2.05, 4.69) is 60.7 Å². The maximum atomic E-state index is 12.8. The number of phosphoric ester groups is 1. The Labute approximate surface area is 350 Å². The van der Waals surface area contributed by atoms with Gasteiger partial charge in [-0.2, -0.15) is 13.6 Å². The lowest BCUT2D eigenvalue weighted by Gasteiger charge is -2.21. The van der Waals surface area contributed by atoms with Crippen molar-refractivity contribution in [3.8, 4) is 17.6 Å². The van der Waals surface area contributed by atoms with Crippen molar-refractivity contribution in [2.75, 3.05) is 58.6 Å². The molecule has 2 aromatic rings. The van der Waals surface area contributed by atoms with Gasteiger partial charge in [0.15, 0.2) is 6.23 Å². The van der Waals surface area contributed by atoms with Crippen LogP contribution in [0.3, 0.4) is 0 Å². The van der Waals surface area contributed by atoms with Crippen LogP contribution in [0.25, 0.3) is 20.9 Å². The fraction of sp³-hybridized carbons (Fsp3) is 0.533. The molecule has 0 saturated carbocycles. The lowest BCUT2D eigenvalue weighted by molar-refractivity contribution is -0.126. The number of rotatable bonds is 26. The number of amides is 2. The second-order valence-electron chi connectivity index (χ2n) is 12.2. The Hall–Kier alpha value is -4.93. The van der Waals surface area contributed by atoms with Crippen molar-refractivity contribution in [1.82, 2.24) is 20.2 Å². The summed E-state index contributed by atoms with van der Waals surface area (Å²) in [6, 6.07) is 6.44. The monoisotopic (exact) mass is 937 g/mol. The lowest BCUT2D eigenvalue weighted by atomic mass is 10.2. The Morgan fingerprint density at radius 3 is 2.61 bits per heavy atom. The van der Waals surface area contributed by atoms with Crippen molar-refractivity contribution in [3.63, 3.8) is 0 Å². The molecule has 1 aromatic carbocycles. The van der Waals surface area contributed by atoms with E-state index in [0.717, 1.165) is 23.6 Å². The molecule has 0 bridgehead atoms. The Morgan fingerprint density at radius 2 is 1.90 bits per heavy atom. The van der Waals surface area contributed by atoms with Crippen molar-refractivity contribution >= 4 is 41.1 Å². The van der Waals surface area contributed by atoms with E-state index in [0.29, 0.717) is 17.9 Å². The SMILES string of the molecule is CCCCNC(=O)c1cccc(OCC(N=[N+]=[N-])OCCOCC(=O)NCC#Cc2cn([C@H]3CC(OCN=[N+]=[N-])[C@@H](COP(=O)(O)OP(=O)(O)OP(=O)(O)O)O3)c(=O)nc2N)c1. The zero-order valence-electron chi connectivity index (χ0n) is 32.5. The summed E-state index contributed by atoms with van der Waals surface area (Å²) in [6.07, 6.45) is -2.08. The van der Waals surface area contributed by atoms with Crippen molar-refractivity contribution < 1.29 is 79.7 Å². The van der Waals surface area contributed by atoms with Crippen LogP contribution in [0.2, 0.25) is 0 Å². The van der Waals surface area contributed by atoms with Gasteiger partial charge in [-0.3, -0.25) is 18.7 Å². The molecule has 1 aliphatic rings. The van der Waals surface area contributed by atoms with Crippen LogP contribution in [0.1, 0.15) is 48.3 Å². The molecular formula is C30H42N11O18P3. The highest BCUT2D eigenvalue weighted by Gasteiger charge is 2.43. The molecule has 0 radical (unpaired) electrons. The maximum Gasteiger partial charge on any atom is 0.490 e. The van der Waals surface area contributed by atoms with Crippen molar-refractivity contribution in [2.45, 2.75) is 50.8 Å². The molecule has 2 heterocycles. The molecule has 1 fully saturated rings. The maximum absolute atomic E-state index is 12.8. The first-order valence-corrected chi connectivity index (χ1v) is 22.3. The first-order valence-electron chi connectivity index (χ1n) is 17.8. The molecular weight excluding hydrogens is 895 g/mol. The number of azide groups is 2. The zero-order chi connectivity index (χ0) is 45.8. The lowest BCUT2D eigenvalue weighted by Crippen LogP contribution is -2.30. The number of nitrogens with zero attached hydrogens (tertiary/aromatic N) is 8. The van der Waals surface area contributed by atoms with Gasteiger partial charge in [0.1, 0.15) is 43.8 Å². The number of aromatic nitrogens is 2. The van der Waals surface area contributed by atoms with Gasteiger partial charge >= 0.3 is 29.2 Å². The van der Waals surface area contributed by atoms with Crippen LogP contribution < -0.4 is 26.8 Å². The summed E-state index contributed by atoms with van der Waals surface area (Å²) < 4.78 is 75.2. The smallest absolute Gasteiger partial charge is 0.490 e. The number of unbranched alkanes of at least 4 members (excludes halogenated alkanes) is 1. The summed E-state index contributed by atoms with van der Waals surface area (Å²) in [5, 5.41) is 12.0. The topological polar surface area (TPSA) is 423 Å². The summed E-state index contributed by atoms with van der Waals surface area (Å²) in [6.45, 7) is 0.0675. The van der Waals surface area contributed by atoms with E-state index >= 15 is 0 Å². The van der Waals surface area contributed by atoms with Gasteiger partial charge in [0.05, 0.1) is 38.0 Å². The minimum atomic E-state index is -5.82. The molecule has 62 heavy (non-hydrogen) atoms. The van der Waals surface area contributed by atoms with Gasteiger partial charge < -0.3 is 59.6 Å². The molecule has 0 aliphatic carbocycles. The van der Waals surface area contributed by atoms with Crippen molar-refractivity contribution in [1.29, 1.82) is 0 Å². The number of nitrogen functional groups attached to an aromatic ring is 1. The normalized spacial score (nSPS) is 18.4. The molecule has 1 aromatic heterocycles. The van der Waals surface area contributed by atoms with Crippen LogP contribution in [0.5, 0.6) is 5.75 Å². The Balaban J connectivity index is 1.50. The number of carbonyl (C=O) groups excluding carboxylic acids is 2.